The molecular formula is C20H18BrNO2S. The summed E-state index contributed by atoms with van der Waals surface area (Å²) in [5.41, 5.74) is 1.07. The number of nitrogens with one attached hydrogen (secondary N) is 1. The van der Waals surface area contributed by atoms with Crippen molar-refractivity contribution in [1.82, 2.24) is 5.32 Å². The van der Waals surface area contributed by atoms with Gasteiger partial charge in [0.1, 0.15) is 5.75 Å². The normalized spacial score (nSPS) is 10.6. The second kappa shape index (κ2) is 8.41. The third-order valence-corrected chi connectivity index (χ3v) is 5.40. The van der Waals surface area contributed by atoms with Crippen LogP contribution in [-0.2, 0) is 11.3 Å². The summed E-state index contributed by atoms with van der Waals surface area (Å²) in [5.74, 6) is 0.521. The number of ether oxygens (including phenoxy) is 1. The molecular weight excluding hydrogens is 398 g/mol. The predicted octanol–water partition coefficient (Wildman–Crippen LogP) is 5.02. The number of halogens is 1. The number of carbonyl (C=O) groups excluding carboxylic acids is 1. The Bertz CT molecular complexity index is 881. The number of thioether (sulfide) groups is 1. The molecule has 3 rings (SSSR count). The minimum atomic E-state index is -0.144. The highest BCUT2D eigenvalue weighted by Gasteiger charge is 2.08. The molecule has 0 spiro atoms. The van der Waals surface area contributed by atoms with E-state index in [2.05, 4.69) is 33.4 Å². The summed E-state index contributed by atoms with van der Waals surface area (Å²) in [6, 6.07) is 20.0. The Labute approximate surface area is 159 Å². The van der Waals surface area contributed by atoms with Crippen molar-refractivity contribution in [3.63, 3.8) is 0 Å². The Morgan fingerprint density at radius 2 is 1.84 bits per heavy atom. The summed E-state index contributed by atoms with van der Waals surface area (Å²) in [6.07, 6.45) is 2.04. The fourth-order valence-corrected chi connectivity index (χ4v) is 3.48. The van der Waals surface area contributed by atoms with E-state index in [0.29, 0.717) is 12.3 Å². The highest BCUT2D eigenvalue weighted by molar-refractivity contribution is 9.10. The second-order valence-corrected chi connectivity index (χ2v) is 7.18. The van der Waals surface area contributed by atoms with Crippen LogP contribution in [-0.4, -0.2) is 18.8 Å². The summed E-state index contributed by atoms with van der Waals surface area (Å²) in [5, 5.41) is 5.07. The van der Waals surface area contributed by atoms with Crippen molar-refractivity contribution in [2.45, 2.75) is 11.4 Å². The Hall–Kier alpha value is -1.98. The van der Waals surface area contributed by atoms with Crippen LogP contribution in [0.15, 0.2) is 70.0 Å². The van der Waals surface area contributed by atoms with Gasteiger partial charge in [0.05, 0.1) is 4.47 Å². The number of benzene rings is 3. The number of carbonyl (C=O) groups is 1. The van der Waals surface area contributed by atoms with Gasteiger partial charge in [0, 0.05) is 11.4 Å². The largest absolute Gasteiger partial charge is 0.483 e. The predicted molar refractivity (Wildman–Crippen MR) is 107 cm³/mol. The molecule has 0 saturated heterocycles. The van der Waals surface area contributed by atoms with Gasteiger partial charge in [-0.2, -0.15) is 0 Å². The minimum Gasteiger partial charge on any atom is -0.483 e. The number of amides is 1. The topological polar surface area (TPSA) is 38.3 Å². The third-order valence-electron chi connectivity index (χ3n) is 3.84. The number of fused-ring (bicyclic) bond motifs is 1. The van der Waals surface area contributed by atoms with E-state index in [0.717, 1.165) is 20.8 Å². The Kier molecular flexibility index (Phi) is 6.00. The molecule has 0 aliphatic heterocycles. The lowest BCUT2D eigenvalue weighted by molar-refractivity contribution is -0.123. The molecule has 0 fully saturated rings. The molecule has 0 radical (unpaired) electrons. The van der Waals surface area contributed by atoms with Gasteiger partial charge in [-0.05, 0) is 56.7 Å². The van der Waals surface area contributed by atoms with Crippen molar-refractivity contribution in [3.8, 4) is 5.75 Å². The standard InChI is InChI=1S/C20H18BrNO2S/c1-25-16-9-6-14(7-10-16)12-22-19(23)13-24-18-11-8-15-4-2-3-5-17(15)20(18)21/h2-11H,12-13H2,1H3,(H,22,23). The molecule has 128 valence electrons. The van der Waals surface area contributed by atoms with Crippen LogP contribution in [0.2, 0.25) is 0 Å². The maximum Gasteiger partial charge on any atom is 0.258 e. The molecule has 3 aromatic rings. The second-order valence-electron chi connectivity index (χ2n) is 5.51. The van der Waals surface area contributed by atoms with Crippen LogP contribution in [0.4, 0.5) is 0 Å². The SMILES string of the molecule is CSc1ccc(CNC(=O)COc2ccc3ccccc3c2Br)cc1. The van der Waals surface area contributed by atoms with Crippen molar-refractivity contribution in [1.29, 1.82) is 0 Å². The molecule has 0 aliphatic rings. The van der Waals surface area contributed by atoms with Crippen molar-refractivity contribution in [2.24, 2.45) is 0 Å². The molecule has 25 heavy (non-hydrogen) atoms. The van der Waals surface area contributed by atoms with Gasteiger partial charge in [-0.25, -0.2) is 0 Å². The Morgan fingerprint density at radius 1 is 1.08 bits per heavy atom. The van der Waals surface area contributed by atoms with Crippen molar-refractivity contribution in [3.05, 3.63) is 70.7 Å². The molecule has 3 nitrogen and oxygen atoms in total. The monoisotopic (exact) mass is 415 g/mol. The molecule has 5 heteroatoms. The van der Waals surface area contributed by atoms with E-state index in [1.807, 2.05) is 54.8 Å². The minimum absolute atomic E-state index is 0.0141. The molecule has 0 unspecified atom stereocenters. The summed E-state index contributed by atoms with van der Waals surface area (Å²) in [7, 11) is 0. The molecule has 1 N–H and O–H groups in total. The average molecular weight is 416 g/mol. The summed E-state index contributed by atoms with van der Waals surface area (Å²) in [4.78, 5) is 13.2. The van der Waals surface area contributed by atoms with Crippen molar-refractivity contribution >= 4 is 44.4 Å². The maximum absolute atomic E-state index is 12.0. The van der Waals surface area contributed by atoms with E-state index >= 15 is 0 Å². The average Bonchev–Trinajstić information content (AvgIpc) is 2.66. The van der Waals surface area contributed by atoms with Gasteiger partial charge in [0.2, 0.25) is 0 Å². The Balaban J connectivity index is 1.56. The Morgan fingerprint density at radius 3 is 2.60 bits per heavy atom. The van der Waals surface area contributed by atoms with Gasteiger partial charge in [-0.15, -0.1) is 11.8 Å². The number of hydrogen-bond donors (Lipinski definition) is 1. The first-order chi connectivity index (χ1) is 12.2. The summed E-state index contributed by atoms with van der Waals surface area (Å²) >= 11 is 5.26. The van der Waals surface area contributed by atoms with E-state index in [4.69, 9.17) is 4.74 Å². The van der Waals surface area contributed by atoms with E-state index in [1.165, 1.54) is 4.90 Å². The fraction of sp³-hybridized carbons (Fsp3) is 0.150. The molecule has 0 atom stereocenters. The number of hydrogen-bond acceptors (Lipinski definition) is 3. The maximum atomic E-state index is 12.0. The van der Waals surface area contributed by atoms with Gasteiger partial charge < -0.3 is 10.1 Å². The molecule has 0 heterocycles. The lowest BCUT2D eigenvalue weighted by Gasteiger charge is -2.11. The number of rotatable bonds is 6. The first-order valence-electron chi connectivity index (χ1n) is 7.87. The van der Waals surface area contributed by atoms with Gasteiger partial charge in [-0.1, -0.05) is 42.5 Å². The van der Waals surface area contributed by atoms with Crippen LogP contribution in [0, 0.1) is 0 Å². The zero-order chi connectivity index (χ0) is 17.6. The van der Waals surface area contributed by atoms with E-state index in [-0.39, 0.29) is 12.5 Å². The van der Waals surface area contributed by atoms with Crippen molar-refractivity contribution < 1.29 is 9.53 Å². The van der Waals surface area contributed by atoms with E-state index in [9.17, 15) is 4.79 Å². The van der Waals surface area contributed by atoms with Crippen LogP contribution in [0.25, 0.3) is 10.8 Å². The molecule has 0 bridgehead atoms. The zero-order valence-electron chi connectivity index (χ0n) is 13.8. The molecule has 0 aliphatic carbocycles. The van der Waals surface area contributed by atoms with Crippen LogP contribution in [0.1, 0.15) is 5.56 Å². The van der Waals surface area contributed by atoms with E-state index < -0.39 is 0 Å². The van der Waals surface area contributed by atoms with Gasteiger partial charge in [0.15, 0.2) is 6.61 Å². The first-order valence-corrected chi connectivity index (χ1v) is 9.89. The first kappa shape index (κ1) is 17.8. The third kappa shape index (κ3) is 4.55. The summed E-state index contributed by atoms with van der Waals surface area (Å²) in [6.45, 7) is 0.482. The van der Waals surface area contributed by atoms with Crippen LogP contribution in [0.3, 0.4) is 0 Å². The lowest BCUT2D eigenvalue weighted by Crippen LogP contribution is -2.28. The quantitative estimate of drug-likeness (QED) is 0.574. The fourth-order valence-electron chi connectivity index (χ4n) is 2.46. The van der Waals surface area contributed by atoms with Crippen LogP contribution >= 0.6 is 27.7 Å². The van der Waals surface area contributed by atoms with Crippen molar-refractivity contribution in [2.75, 3.05) is 12.9 Å². The van der Waals surface area contributed by atoms with Gasteiger partial charge >= 0.3 is 0 Å². The molecule has 0 aromatic heterocycles. The highest BCUT2D eigenvalue weighted by atomic mass is 79.9. The summed E-state index contributed by atoms with van der Waals surface area (Å²) < 4.78 is 6.54. The van der Waals surface area contributed by atoms with Gasteiger partial charge in [-0.3, -0.25) is 4.79 Å². The van der Waals surface area contributed by atoms with Crippen LogP contribution < -0.4 is 10.1 Å². The van der Waals surface area contributed by atoms with Crippen LogP contribution in [0.5, 0.6) is 5.75 Å². The van der Waals surface area contributed by atoms with E-state index in [1.54, 1.807) is 11.8 Å². The van der Waals surface area contributed by atoms with Gasteiger partial charge in [0.25, 0.3) is 5.91 Å². The smallest absolute Gasteiger partial charge is 0.258 e. The molecule has 1 amide bonds. The zero-order valence-corrected chi connectivity index (χ0v) is 16.2. The highest BCUT2D eigenvalue weighted by Crippen LogP contribution is 2.32. The lowest BCUT2D eigenvalue weighted by atomic mass is 10.1. The molecule has 3 aromatic carbocycles. The molecule has 0 saturated carbocycles.